The second-order valence-corrected chi connectivity index (χ2v) is 7.89. The number of hydrogen-bond acceptors (Lipinski definition) is 3. The molecule has 0 saturated heterocycles. The molecule has 22 heavy (non-hydrogen) atoms. The Kier molecular flexibility index (Phi) is 6.45. The number of phenolic OH excluding ortho intramolecular Hbond substituents is 1. The number of hydrogen-bond donors (Lipinski definition) is 1. The predicted molar refractivity (Wildman–Crippen MR) is 91.9 cm³/mol. The third kappa shape index (κ3) is 5.29. The molecular formula is C19H32O3. The standard InChI is InChI=1S/C19H32O3/c1-18(2,3)15-12-14(8-9-22-11-10-21-7)13-16(17(15)20)19(4,5)6/h12-13,20H,8-11H2,1-7H3. The highest BCUT2D eigenvalue weighted by atomic mass is 16.5. The summed E-state index contributed by atoms with van der Waals surface area (Å²) in [7, 11) is 1.68. The highest BCUT2D eigenvalue weighted by Gasteiger charge is 2.26. The van der Waals surface area contributed by atoms with Crippen LogP contribution in [0.4, 0.5) is 0 Å². The van der Waals surface area contributed by atoms with Gasteiger partial charge in [0.15, 0.2) is 0 Å². The number of phenols is 1. The highest BCUT2D eigenvalue weighted by molar-refractivity contribution is 5.49. The van der Waals surface area contributed by atoms with Crippen molar-refractivity contribution in [3.05, 3.63) is 28.8 Å². The van der Waals surface area contributed by atoms with Crippen LogP contribution in [0.3, 0.4) is 0 Å². The Bertz CT molecular complexity index is 443. The van der Waals surface area contributed by atoms with Crippen LogP contribution in [-0.4, -0.2) is 32.0 Å². The van der Waals surface area contributed by atoms with Crippen LogP contribution in [0.1, 0.15) is 58.2 Å². The second kappa shape index (κ2) is 7.47. The van der Waals surface area contributed by atoms with E-state index in [0.29, 0.717) is 25.6 Å². The van der Waals surface area contributed by atoms with E-state index in [-0.39, 0.29) is 10.8 Å². The van der Waals surface area contributed by atoms with Crippen LogP contribution in [-0.2, 0) is 26.7 Å². The number of methoxy groups -OCH3 is 1. The monoisotopic (exact) mass is 308 g/mol. The molecular weight excluding hydrogens is 276 g/mol. The first-order chi connectivity index (χ1) is 10.1. The molecule has 0 aromatic heterocycles. The average molecular weight is 308 g/mol. The highest BCUT2D eigenvalue weighted by Crippen LogP contribution is 2.39. The van der Waals surface area contributed by atoms with Gasteiger partial charge in [0.25, 0.3) is 0 Å². The molecule has 3 heteroatoms. The molecule has 0 spiro atoms. The van der Waals surface area contributed by atoms with Crippen molar-refractivity contribution in [2.24, 2.45) is 0 Å². The lowest BCUT2D eigenvalue weighted by molar-refractivity contribution is 0.0722. The van der Waals surface area contributed by atoms with Gasteiger partial charge in [-0.3, -0.25) is 0 Å². The lowest BCUT2D eigenvalue weighted by Crippen LogP contribution is -2.18. The lowest BCUT2D eigenvalue weighted by Gasteiger charge is -2.28. The quantitative estimate of drug-likeness (QED) is 0.801. The van der Waals surface area contributed by atoms with Crippen LogP contribution in [0.15, 0.2) is 12.1 Å². The fourth-order valence-corrected chi connectivity index (χ4v) is 2.42. The fourth-order valence-electron chi connectivity index (χ4n) is 2.42. The smallest absolute Gasteiger partial charge is 0.123 e. The first-order valence-corrected chi connectivity index (χ1v) is 8.01. The van der Waals surface area contributed by atoms with E-state index in [1.54, 1.807) is 7.11 Å². The molecule has 126 valence electrons. The summed E-state index contributed by atoms with van der Waals surface area (Å²) in [5.41, 5.74) is 3.05. The fraction of sp³-hybridized carbons (Fsp3) is 0.684. The average Bonchev–Trinajstić information content (AvgIpc) is 2.37. The number of aromatic hydroxyl groups is 1. The summed E-state index contributed by atoms with van der Waals surface area (Å²) in [5.74, 6) is 0.434. The van der Waals surface area contributed by atoms with E-state index in [1.807, 2.05) is 0 Å². The van der Waals surface area contributed by atoms with E-state index in [0.717, 1.165) is 17.5 Å². The molecule has 0 heterocycles. The SMILES string of the molecule is COCCOCCc1cc(C(C)(C)C)c(O)c(C(C)(C)C)c1. The van der Waals surface area contributed by atoms with E-state index >= 15 is 0 Å². The molecule has 0 bridgehead atoms. The summed E-state index contributed by atoms with van der Waals surface area (Å²) in [6.45, 7) is 14.7. The van der Waals surface area contributed by atoms with Crippen LogP contribution in [0.2, 0.25) is 0 Å². The van der Waals surface area contributed by atoms with Crippen molar-refractivity contribution < 1.29 is 14.6 Å². The molecule has 0 fully saturated rings. The van der Waals surface area contributed by atoms with Crippen LogP contribution in [0.5, 0.6) is 5.75 Å². The van der Waals surface area contributed by atoms with Gasteiger partial charge in [-0.25, -0.2) is 0 Å². The summed E-state index contributed by atoms with van der Waals surface area (Å²) in [6, 6.07) is 4.23. The van der Waals surface area contributed by atoms with Crippen LogP contribution in [0, 0.1) is 0 Å². The molecule has 1 aromatic rings. The van der Waals surface area contributed by atoms with Gasteiger partial charge in [0, 0.05) is 7.11 Å². The summed E-state index contributed by atoms with van der Waals surface area (Å²) in [4.78, 5) is 0. The normalized spacial score (nSPS) is 12.7. The Morgan fingerprint density at radius 2 is 1.36 bits per heavy atom. The number of ether oxygens (including phenoxy) is 2. The lowest BCUT2D eigenvalue weighted by atomic mass is 9.78. The van der Waals surface area contributed by atoms with E-state index < -0.39 is 0 Å². The van der Waals surface area contributed by atoms with Gasteiger partial charge in [0.05, 0.1) is 19.8 Å². The van der Waals surface area contributed by atoms with Crippen molar-refractivity contribution in [2.75, 3.05) is 26.9 Å². The van der Waals surface area contributed by atoms with Gasteiger partial charge in [-0.2, -0.15) is 0 Å². The molecule has 0 atom stereocenters. The predicted octanol–water partition coefficient (Wildman–Crippen LogP) is 4.19. The Labute approximate surface area is 135 Å². The molecule has 1 rings (SSSR count). The zero-order valence-corrected chi connectivity index (χ0v) is 15.2. The zero-order valence-electron chi connectivity index (χ0n) is 15.2. The molecule has 0 aliphatic carbocycles. The molecule has 1 aromatic carbocycles. The minimum atomic E-state index is -0.0863. The third-order valence-corrected chi connectivity index (χ3v) is 3.75. The Morgan fingerprint density at radius 1 is 0.864 bits per heavy atom. The van der Waals surface area contributed by atoms with Crippen molar-refractivity contribution in [1.82, 2.24) is 0 Å². The van der Waals surface area contributed by atoms with Gasteiger partial charge in [-0.05, 0) is 33.9 Å². The van der Waals surface area contributed by atoms with E-state index in [1.165, 1.54) is 5.56 Å². The van der Waals surface area contributed by atoms with Gasteiger partial charge in [0.1, 0.15) is 5.75 Å². The van der Waals surface area contributed by atoms with Crippen molar-refractivity contribution in [2.45, 2.75) is 58.8 Å². The molecule has 0 amide bonds. The van der Waals surface area contributed by atoms with Crippen LogP contribution in [0.25, 0.3) is 0 Å². The zero-order chi connectivity index (χ0) is 17.0. The minimum Gasteiger partial charge on any atom is -0.507 e. The molecule has 0 unspecified atom stereocenters. The molecule has 1 N–H and O–H groups in total. The van der Waals surface area contributed by atoms with Gasteiger partial charge in [0.2, 0.25) is 0 Å². The van der Waals surface area contributed by atoms with Crippen molar-refractivity contribution in [1.29, 1.82) is 0 Å². The molecule has 0 radical (unpaired) electrons. The third-order valence-electron chi connectivity index (χ3n) is 3.75. The minimum absolute atomic E-state index is 0.0863. The Balaban J connectivity index is 3.03. The maximum absolute atomic E-state index is 10.7. The Hall–Kier alpha value is -1.06. The van der Waals surface area contributed by atoms with E-state index in [4.69, 9.17) is 9.47 Å². The summed E-state index contributed by atoms with van der Waals surface area (Å²) in [5, 5.41) is 10.7. The van der Waals surface area contributed by atoms with E-state index in [2.05, 4.69) is 53.7 Å². The first-order valence-electron chi connectivity index (χ1n) is 8.01. The topological polar surface area (TPSA) is 38.7 Å². The maximum Gasteiger partial charge on any atom is 0.123 e. The van der Waals surface area contributed by atoms with Crippen molar-refractivity contribution in [3.63, 3.8) is 0 Å². The van der Waals surface area contributed by atoms with Gasteiger partial charge < -0.3 is 14.6 Å². The van der Waals surface area contributed by atoms with E-state index in [9.17, 15) is 5.11 Å². The molecule has 0 aliphatic heterocycles. The van der Waals surface area contributed by atoms with Gasteiger partial charge >= 0.3 is 0 Å². The number of rotatable bonds is 6. The van der Waals surface area contributed by atoms with Gasteiger partial charge in [-0.15, -0.1) is 0 Å². The van der Waals surface area contributed by atoms with Crippen molar-refractivity contribution >= 4 is 0 Å². The molecule has 0 aliphatic rings. The maximum atomic E-state index is 10.7. The van der Waals surface area contributed by atoms with Crippen molar-refractivity contribution in [3.8, 4) is 5.75 Å². The van der Waals surface area contributed by atoms with Crippen LogP contribution < -0.4 is 0 Å². The summed E-state index contributed by atoms with van der Waals surface area (Å²) in [6.07, 6.45) is 0.843. The second-order valence-electron chi connectivity index (χ2n) is 7.89. The first kappa shape index (κ1) is 19.0. The largest absolute Gasteiger partial charge is 0.507 e. The number of benzene rings is 1. The van der Waals surface area contributed by atoms with Gasteiger partial charge in [-0.1, -0.05) is 53.7 Å². The Morgan fingerprint density at radius 3 is 1.77 bits per heavy atom. The molecule has 0 saturated carbocycles. The summed E-state index contributed by atoms with van der Waals surface area (Å²) < 4.78 is 10.6. The van der Waals surface area contributed by atoms with Crippen LogP contribution >= 0.6 is 0 Å². The molecule has 3 nitrogen and oxygen atoms in total. The summed E-state index contributed by atoms with van der Waals surface area (Å²) >= 11 is 0.